The van der Waals surface area contributed by atoms with E-state index >= 15 is 0 Å². The van der Waals surface area contributed by atoms with Crippen LogP contribution in [0.3, 0.4) is 0 Å². The van der Waals surface area contributed by atoms with E-state index in [1.54, 1.807) is 0 Å². The van der Waals surface area contributed by atoms with Crippen LogP contribution in [-0.2, 0) is 25.6 Å². The lowest BCUT2D eigenvalue weighted by Crippen LogP contribution is -2.55. The van der Waals surface area contributed by atoms with E-state index in [1.165, 1.54) is 24.3 Å². The molecule has 31 heavy (non-hydrogen) atoms. The van der Waals surface area contributed by atoms with Gasteiger partial charge in [0.15, 0.2) is 0 Å². The maximum absolute atomic E-state index is 12.5. The molecule has 0 saturated heterocycles. The predicted octanol–water partition coefficient (Wildman–Crippen LogP) is -1.53. The van der Waals surface area contributed by atoms with Gasteiger partial charge >= 0.3 is 5.97 Å². The van der Waals surface area contributed by atoms with Crippen molar-refractivity contribution < 1.29 is 34.5 Å². The molecule has 1 aromatic carbocycles. The molecule has 11 nitrogen and oxygen atoms in total. The van der Waals surface area contributed by atoms with Crippen molar-refractivity contribution in [2.75, 3.05) is 13.2 Å². The third-order valence-electron chi connectivity index (χ3n) is 4.31. The zero-order valence-corrected chi connectivity index (χ0v) is 17.5. The zero-order chi connectivity index (χ0) is 23.6. The minimum absolute atomic E-state index is 0.0143. The highest BCUT2D eigenvalue weighted by atomic mass is 16.4. The number of nitrogens with two attached hydrogens (primary N) is 1. The number of amides is 3. The van der Waals surface area contributed by atoms with Gasteiger partial charge < -0.3 is 37.0 Å². The summed E-state index contributed by atoms with van der Waals surface area (Å²) >= 11 is 0. The molecule has 11 heteroatoms. The van der Waals surface area contributed by atoms with Gasteiger partial charge in [-0.25, -0.2) is 4.79 Å². The highest BCUT2D eigenvalue weighted by molar-refractivity contribution is 5.92. The molecular weight excluding hydrogens is 408 g/mol. The summed E-state index contributed by atoms with van der Waals surface area (Å²) in [5.41, 5.74) is 6.34. The third kappa shape index (κ3) is 9.45. The molecular formula is C20H30N4O7. The van der Waals surface area contributed by atoms with Crippen LogP contribution in [0.4, 0.5) is 0 Å². The van der Waals surface area contributed by atoms with E-state index in [1.807, 2.05) is 13.8 Å². The summed E-state index contributed by atoms with van der Waals surface area (Å²) in [5, 5.41) is 34.5. The van der Waals surface area contributed by atoms with Crippen LogP contribution in [-0.4, -0.2) is 70.3 Å². The second-order valence-corrected chi connectivity index (χ2v) is 7.53. The lowest BCUT2D eigenvalue weighted by Gasteiger charge is -2.21. The van der Waals surface area contributed by atoms with Gasteiger partial charge in [0.25, 0.3) is 0 Å². The Labute approximate surface area is 180 Å². The number of phenols is 1. The quantitative estimate of drug-likeness (QED) is 0.204. The molecule has 8 N–H and O–H groups in total. The average Bonchev–Trinajstić information content (AvgIpc) is 2.70. The van der Waals surface area contributed by atoms with Gasteiger partial charge in [-0.2, -0.15) is 0 Å². The largest absolute Gasteiger partial charge is 0.508 e. The summed E-state index contributed by atoms with van der Waals surface area (Å²) in [7, 11) is 0. The summed E-state index contributed by atoms with van der Waals surface area (Å²) < 4.78 is 0. The Morgan fingerprint density at radius 3 is 2.13 bits per heavy atom. The van der Waals surface area contributed by atoms with Crippen molar-refractivity contribution in [3.63, 3.8) is 0 Å². The topological polar surface area (TPSA) is 191 Å². The molecule has 0 aliphatic rings. The number of carbonyl (C=O) groups is 4. The molecule has 0 aromatic heterocycles. The highest BCUT2D eigenvalue weighted by Crippen LogP contribution is 2.11. The molecule has 0 bridgehead atoms. The maximum Gasteiger partial charge on any atom is 0.328 e. The monoisotopic (exact) mass is 438 g/mol. The van der Waals surface area contributed by atoms with E-state index < -0.39 is 55.0 Å². The highest BCUT2D eigenvalue weighted by Gasteiger charge is 2.26. The van der Waals surface area contributed by atoms with Crippen LogP contribution in [0.15, 0.2) is 24.3 Å². The smallest absolute Gasteiger partial charge is 0.328 e. The number of aliphatic carboxylic acids is 1. The molecule has 0 heterocycles. The molecule has 0 aliphatic heterocycles. The summed E-state index contributed by atoms with van der Waals surface area (Å²) in [6, 6.07) is 2.37. The van der Waals surface area contributed by atoms with Crippen molar-refractivity contribution in [1.82, 2.24) is 16.0 Å². The van der Waals surface area contributed by atoms with Crippen LogP contribution in [0, 0.1) is 5.92 Å². The Bertz CT molecular complexity index is 767. The lowest BCUT2D eigenvalue weighted by atomic mass is 10.0. The van der Waals surface area contributed by atoms with Gasteiger partial charge in [0, 0.05) is 6.42 Å². The zero-order valence-electron chi connectivity index (χ0n) is 17.5. The van der Waals surface area contributed by atoms with E-state index in [-0.39, 0.29) is 18.1 Å². The molecule has 0 radical (unpaired) electrons. The number of carbonyl (C=O) groups excluding carboxylic acids is 3. The second kappa shape index (κ2) is 12.5. The van der Waals surface area contributed by atoms with Gasteiger partial charge in [0.2, 0.25) is 17.7 Å². The summed E-state index contributed by atoms with van der Waals surface area (Å²) in [6.07, 6.45) is 0.424. The predicted molar refractivity (Wildman–Crippen MR) is 111 cm³/mol. The van der Waals surface area contributed by atoms with Gasteiger partial charge in [-0.15, -0.1) is 0 Å². The Morgan fingerprint density at radius 1 is 1.00 bits per heavy atom. The molecule has 0 saturated carbocycles. The molecule has 1 aromatic rings. The van der Waals surface area contributed by atoms with Crippen LogP contribution < -0.4 is 21.7 Å². The molecule has 1 rings (SSSR count). The number of aliphatic hydroxyl groups is 1. The van der Waals surface area contributed by atoms with Gasteiger partial charge in [-0.05, 0) is 30.0 Å². The van der Waals surface area contributed by atoms with E-state index in [0.29, 0.717) is 12.0 Å². The van der Waals surface area contributed by atoms with Crippen molar-refractivity contribution in [2.45, 2.75) is 44.8 Å². The van der Waals surface area contributed by atoms with E-state index in [4.69, 9.17) is 15.9 Å². The van der Waals surface area contributed by atoms with E-state index in [2.05, 4.69) is 16.0 Å². The standard InChI is InChI=1S/C20H30N4O7/c1-11(2)7-14(21)18(28)22-9-17(27)23-15(8-12-3-5-13(26)6-4-12)19(29)24-16(10-25)20(30)31/h3-6,11,14-16,25-26H,7-10,21H2,1-2H3,(H,22,28)(H,23,27)(H,24,29)(H,30,31). The third-order valence-corrected chi connectivity index (χ3v) is 4.31. The van der Waals surface area contributed by atoms with Gasteiger partial charge in [0.05, 0.1) is 19.2 Å². The van der Waals surface area contributed by atoms with Gasteiger partial charge in [-0.1, -0.05) is 26.0 Å². The molecule has 3 amide bonds. The molecule has 0 spiro atoms. The van der Waals surface area contributed by atoms with Gasteiger partial charge in [0.1, 0.15) is 17.8 Å². The number of phenolic OH excluding ortho intramolecular Hbond substituents is 1. The lowest BCUT2D eigenvalue weighted by molar-refractivity contribution is -0.143. The number of carboxylic acids is 1. The number of carboxylic acid groups (broad SMARTS) is 1. The van der Waals surface area contributed by atoms with Crippen molar-refractivity contribution >= 4 is 23.7 Å². The molecule has 3 atom stereocenters. The molecule has 3 unspecified atom stereocenters. The Hall–Kier alpha value is -3.18. The molecule has 0 aliphatic carbocycles. The first-order chi connectivity index (χ1) is 14.5. The number of aromatic hydroxyl groups is 1. The number of aliphatic hydroxyl groups excluding tert-OH is 1. The summed E-state index contributed by atoms with van der Waals surface area (Å²) in [4.78, 5) is 47.9. The molecule has 0 fully saturated rings. The first kappa shape index (κ1) is 25.9. The minimum atomic E-state index is -1.54. The van der Waals surface area contributed by atoms with Crippen LogP contribution in [0.1, 0.15) is 25.8 Å². The first-order valence-corrected chi connectivity index (χ1v) is 9.78. The van der Waals surface area contributed by atoms with Crippen LogP contribution in [0.5, 0.6) is 5.75 Å². The van der Waals surface area contributed by atoms with Crippen molar-refractivity contribution in [2.24, 2.45) is 11.7 Å². The second-order valence-electron chi connectivity index (χ2n) is 7.53. The SMILES string of the molecule is CC(C)CC(N)C(=O)NCC(=O)NC(Cc1ccc(O)cc1)C(=O)NC(CO)C(=O)O. The minimum Gasteiger partial charge on any atom is -0.508 e. The van der Waals surface area contributed by atoms with Crippen LogP contribution >= 0.6 is 0 Å². The number of benzene rings is 1. The summed E-state index contributed by atoms with van der Waals surface area (Å²) in [6.45, 7) is 2.56. The Balaban J connectivity index is 2.81. The van der Waals surface area contributed by atoms with Crippen LogP contribution in [0.25, 0.3) is 0 Å². The normalized spacial score (nSPS) is 13.7. The number of rotatable bonds is 12. The van der Waals surface area contributed by atoms with E-state index in [0.717, 1.165) is 0 Å². The number of nitrogens with one attached hydrogen (secondary N) is 3. The van der Waals surface area contributed by atoms with Crippen molar-refractivity contribution in [1.29, 1.82) is 0 Å². The van der Waals surface area contributed by atoms with E-state index in [9.17, 15) is 24.3 Å². The average molecular weight is 438 g/mol. The van der Waals surface area contributed by atoms with Crippen molar-refractivity contribution in [3.8, 4) is 5.75 Å². The first-order valence-electron chi connectivity index (χ1n) is 9.78. The maximum atomic E-state index is 12.5. The number of hydrogen-bond acceptors (Lipinski definition) is 7. The Morgan fingerprint density at radius 2 is 1.61 bits per heavy atom. The van der Waals surface area contributed by atoms with Crippen molar-refractivity contribution in [3.05, 3.63) is 29.8 Å². The fourth-order valence-corrected chi connectivity index (χ4v) is 2.69. The number of hydrogen-bond donors (Lipinski definition) is 7. The summed E-state index contributed by atoms with van der Waals surface area (Å²) in [5.74, 6) is -3.24. The molecule has 172 valence electrons. The Kier molecular flexibility index (Phi) is 10.4. The van der Waals surface area contributed by atoms with Gasteiger partial charge in [-0.3, -0.25) is 14.4 Å². The van der Waals surface area contributed by atoms with Crippen LogP contribution in [0.2, 0.25) is 0 Å². The fourth-order valence-electron chi connectivity index (χ4n) is 2.69. The fraction of sp³-hybridized carbons (Fsp3) is 0.500.